The lowest BCUT2D eigenvalue weighted by atomic mass is 9.56. The second kappa shape index (κ2) is 14.3. The quantitative estimate of drug-likeness (QED) is 0.218. The lowest BCUT2D eigenvalue weighted by Crippen LogP contribution is -2.65. The summed E-state index contributed by atoms with van der Waals surface area (Å²) in [4.78, 5) is 75.3. The van der Waals surface area contributed by atoms with Crippen LogP contribution in [0, 0.1) is 17.3 Å². The molecule has 14 heteroatoms. The molecule has 46 heavy (non-hydrogen) atoms. The predicted octanol–water partition coefficient (Wildman–Crippen LogP) is 1.62. The summed E-state index contributed by atoms with van der Waals surface area (Å²) in [6, 6.07) is 0. The van der Waals surface area contributed by atoms with Crippen molar-refractivity contribution in [2.45, 2.75) is 117 Å². The van der Waals surface area contributed by atoms with Gasteiger partial charge in [0.2, 0.25) is 0 Å². The van der Waals surface area contributed by atoms with E-state index in [1.807, 2.05) is 0 Å². The molecule has 1 aliphatic heterocycles. The summed E-state index contributed by atoms with van der Waals surface area (Å²) in [5.41, 5.74) is -3.20. The molecule has 0 bridgehead atoms. The first-order valence-electron chi connectivity index (χ1n) is 15.1. The van der Waals surface area contributed by atoms with E-state index in [2.05, 4.69) is 0 Å². The number of aliphatic hydroxyl groups is 2. The average Bonchev–Trinajstić information content (AvgIpc) is 3.14. The second-order valence-corrected chi connectivity index (χ2v) is 12.5. The third kappa shape index (κ3) is 7.43. The zero-order chi connectivity index (χ0) is 34.7. The van der Waals surface area contributed by atoms with Crippen molar-refractivity contribution >= 4 is 35.8 Å². The maximum Gasteiger partial charge on any atom is 0.312 e. The number of hydrogen-bond donors (Lipinski definition) is 2. The molecule has 14 nitrogen and oxygen atoms in total. The van der Waals surface area contributed by atoms with Gasteiger partial charge in [-0.15, -0.1) is 0 Å². The van der Waals surface area contributed by atoms with Crippen LogP contribution in [0.2, 0.25) is 0 Å². The Morgan fingerprint density at radius 3 is 2.11 bits per heavy atom. The Morgan fingerprint density at radius 2 is 1.57 bits per heavy atom. The van der Waals surface area contributed by atoms with Crippen molar-refractivity contribution in [2.75, 3.05) is 6.61 Å². The Hall–Kier alpha value is -3.78. The van der Waals surface area contributed by atoms with Crippen molar-refractivity contribution in [3.05, 3.63) is 23.3 Å². The number of fused-ring (bicyclic) bond motifs is 2. The number of hydrogen-bond acceptors (Lipinski definition) is 14. The van der Waals surface area contributed by atoms with Gasteiger partial charge in [0, 0.05) is 46.5 Å². The van der Waals surface area contributed by atoms with Crippen LogP contribution in [0.1, 0.15) is 74.7 Å². The molecule has 3 aliphatic rings. The molecule has 2 N–H and O–H groups in total. The lowest BCUT2D eigenvalue weighted by Gasteiger charge is -2.55. The first-order valence-corrected chi connectivity index (χ1v) is 15.1. The summed E-state index contributed by atoms with van der Waals surface area (Å²) in [5, 5.41) is 23.1. The van der Waals surface area contributed by atoms with E-state index in [9.17, 15) is 39.0 Å². The van der Waals surface area contributed by atoms with Gasteiger partial charge in [-0.05, 0) is 32.4 Å². The van der Waals surface area contributed by atoms with E-state index in [1.54, 1.807) is 19.9 Å². The molecule has 0 spiro atoms. The van der Waals surface area contributed by atoms with Crippen molar-refractivity contribution in [3.63, 3.8) is 0 Å². The van der Waals surface area contributed by atoms with E-state index < -0.39 is 102 Å². The Kier molecular flexibility index (Phi) is 11.4. The third-order valence-electron chi connectivity index (χ3n) is 9.10. The molecule has 10 atom stereocenters. The number of ether oxygens (including phenoxy) is 6. The van der Waals surface area contributed by atoms with Gasteiger partial charge in [0.1, 0.15) is 30.5 Å². The van der Waals surface area contributed by atoms with Crippen LogP contribution in [-0.2, 0) is 57.2 Å². The summed E-state index contributed by atoms with van der Waals surface area (Å²) in [6.07, 6.45) is -5.03. The van der Waals surface area contributed by atoms with E-state index in [0.717, 1.165) is 13.8 Å². The van der Waals surface area contributed by atoms with Gasteiger partial charge in [0.15, 0.2) is 11.7 Å². The van der Waals surface area contributed by atoms with Crippen LogP contribution < -0.4 is 0 Å². The van der Waals surface area contributed by atoms with Crippen LogP contribution in [0.25, 0.3) is 0 Å². The van der Waals surface area contributed by atoms with Crippen LogP contribution in [0.3, 0.4) is 0 Å². The standard InChI is InChI=1S/C32H44O14/c1-15-9-10-24(42-19(5)35)31(8)25(43-20(6)36)13-23(45-27(38)11-16(2)41-18(4)34)22(14-33)12-26-32(40,17(3)30(39)46-26)29(28(15)31)44-21(7)37/h9,12,16-17,23-26,28-29,33,40H,10-11,13-14H2,1-8H3/b22-12-/t16?,17-,23+,24-,25-,26-,28+,29-,31+,32-/m0/s1. The van der Waals surface area contributed by atoms with Gasteiger partial charge in [0.25, 0.3) is 0 Å². The van der Waals surface area contributed by atoms with Crippen LogP contribution >= 0.6 is 0 Å². The zero-order valence-corrected chi connectivity index (χ0v) is 27.4. The van der Waals surface area contributed by atoms with Gasteiger partial charge in [-0.25, -0.2) is 0 Å². The SMILES string of the molecule is CC(=O)OC(C)CC(=O)O[C@@H]1C[C@H](OC(C)=O)[C@@]2(C)[C@@H](OC(C)=O)CC=C(C)[C@@H]2[C@H](OC(C)=O)[C@@]2(O)[C@H](/C=C\1CO)OC(=O)[C@@H]2C. The van der Waals surface area contributed by atoms with Gasteiger partial charge in [-0.2, -0.15) is 0 Å². The molecule has 0 saturated carbocycles. The van der Waals surface area contributed by atoms with Crippen molar-refractivity contribution < 1.29 is 67.4 Å². The largest absolute Gasteiger partial charge is 0.462 e. The van der Waals surface area contributed by atoms with Gasteiger partial charge in [0.05, 0.1) is 24.4 Å². The molecular weight excluding hydrogens is 608 g/mol. The molecule has 2 aliphatic carbocycles. The van der Waals surface area contributed by atoms with E-state index in [4.69, 9.17) is 28.4 Å². The zero-order valence-electron chi connectivity index (χ0n) is 27.4. The Balaban J connectivity index is 2.36. The summed E-state index contributed by atoms with van der Waals surface area (Å²) in [6.45, 7) is 10.2. The number of carbonyl (C=O) groups excluding carboxylic acids is 6. The summed E-state index contributed by atoms with van der Waals surface area (Å²) < 4.78 is 34.0. The summed E-state index contributed by atoms with van der Waals surface area (Å²) in [5.74, 6) is -6.80. The minimum Gasteiger partial charge on any atom is -0.462 e. The smallest absolute Gasteiger partial charge is 0.312 e. The fraction of sp³-hybridized carbons (Fsp3) is 0.688. The lowest BCUT2D eigenvalue weighted by molar-refractivity contribution is -0.218. The van der Waals surface area contributed by atoms with Gasteiger partial charge in [-0.3, -0.25) is 28.8 Å². The molecular formula is C32H44O14. The van der Waals surface area contributed by atoms with Crippen molar-refractivity contribution in [1.82, 2.24) is 0 Å². The van der Waals surface area contributed by atoms with Gasteiger partial charge < -0.3 is 38.6 Å². The number of aliphatic hydroxyl groups excluding tert-OH is 1. The first kappa shape index (κ1) is 36.7. The first-order chi connectivity index (χ1) is 21.4. The number of carbonyl (C=O) groups is 6. The predicted molar refractivity (Wildman–Crippen MR) is 156 cm³/mol. The molecule has 0 amide bonds. The highest BCUT2D eigenvalue weighted by atomic mass is 16.6. The summed E-state index contributed by atoms with van der Waals surface area (Å²) in [7, 11) is 0. The fourth-order valence-electron chi connectivity index (χ4n) is 6.98. The van der Waals surface area contributed by atoms with Crippen LogP contribution in [0.5, 0.6) is 0 Å². The average molecular weight is 653 g/mol. The third-order valence-corrected chi connectivity index (χ3v) is 9.10. The molecule has 1 fully saturated rings. The highest BCUT2D eigenvalue weighted by Crippen LogP contribution is 2.55. The highest BCUT2D eigenvalue weighted by Gasteiger charge is 2.67. The molecule has 0 aromatic heterocycles. The van der Waals surface area contributed by atoms with E-state index >= 15 is 0 Å². The van der Waals surface area contributed by atoms with Crippen molar-refractivity contribution in [1.29, 1.82) is 0 Å². The molecule has 1 unspecified atom stereocenters. The van der Waals surface area contributed by atoms with E-state index in [-0.39, 0.29) is 24.8 Å². The summed E-state index contributed by atoms with van der Waals surface area (Å²) >= 11 is 0. The maximum absolute atomic E-state index is 13.1. The Labute approximate surface area is 267 Å². The van der Waals surface area contributed by atoms with Crippen molar-refractivity contribution in [3.8, 4) is 0 Å². The van der Waals surface area contributed by atoms with Gasteiger partial charge in [-0.1, -0.05) is 18.6 Å². The minimum atomic E-state index is -2.27. The topological polar surface area (TPSA) is 198 Å². The number of rotatable bonds is 8. The molecule has 1 saturated heterocycles. The van der Waals surface area contributed by atoms with Crippen LogP contribution in [-0.4, -0.2) is 94.9 Å². The van der Waals surface area contributed by atoms with Gasteiger partial charge >= 0.3 is 35.8 Å². The van der Waals surface area contributed by atoms with Crippen molar-refractivity contribution in [2.24, 2.45) is 17.3 Å². The molecule has 3 rings (SSSR count). The maximum atomic E-state index is 13.1. The van der Waals surface area contributed by atoms with Crippen LogP contribution in [0.4, 0.5) is 0 Å². The van der Waals surface area contributed by atoms with Crippen LogP contribution in [0.15, 0.2) is 23.3 Å². The van der Waals surface area contributed by atoms with E-state index in [1.165, 1.54) is 33.8 Å². The monoisotopic (exact) mass is 652 g/mol. The second-order valence-electron chi connectivity index (χ2n) is 12.5. The Morgan fingerprint density at radius 1 is 0.978 bits per heavy atom. The molecule has 256 valence electrons. The molecule has 0 radical (unpaired) electrons. The molecule has 1 heterocycles. The molecule has 0 aromatic rings. The normalized spacial score (nSPS) is 35.8. The fourth-order valence-corrected chi connectivity index (χ4v) is 6.98. The minimum absolute atomic E-state index is 0.0216. The molecule has 0 aromatic carbocycles. The highest BCUT2D eigenvalue weighted by molar-refractivity contribution is 5.78. The number of esters is 6. The Bertz CT molecular complexity index is 1300. The van der Waals surface area contributed by atoms with E-state index in [0.29, 0.717) is 5.57 Å².